The lowest BCUT2D eigenvalue weighted by atomic mass is 9.99. The van der Waals surface area contributed by atoms with Crippen LogP contribution < -0.4 is 4.57 Å². The Morgan fingerprint density at radius 1 is 1.14 bits per heavy atom. The number of aromatic nitrogens is 4. The van der Waals surface area contributed by atoms with E-state index < -0.39 is 0 Å². The average molecular weight is 277 g/mol. The second-order valence-corrected chi connectivity index (χ2v) is 5.71. The van der Waals surface area contributed by atoms with E-state index in [1.165, 1.54) is 28.1 Å². The first-order valence-electron chi connectivity index (χ1n) is 7.12. The van der Waals surface area contributed by atoms with Gasteiger partial charge in [0.2, 0.25) is 0 Å². The van der Waals surface area contributed by atoms with Crippen LogP contribution in [0.3, 0.4) is 0 Å². The van der Waals surface area contributed by atoms with Gasteiger partial charge in [-0.15, -0.1) is 0 Å². The Hall–Kier alpha value is -2.49. The van der Waals surface area contributed by atoms with Gasteiger partial charge in [0.1, 0.15) is 11.5 Å². The second-order valence-electron chi connectivity index (χ2n) is 5.71. The zero-order chi connectivity index (χ0) is 14.6. The van der Waals surface area contributed by atoms with E-state index in [0.717, 1.165) is 17.9 Å². The molecule has 3 heterocycles. The van der Waals surface area contributed by atoms with Gasteiger partial charge in [0.25, 0.3) is 6.33 Å². The van der Waals surface area contributed by atoms with Crippen LogP contribution in [0.4, 0.5) is 0 Å². The van der Waals surface area contributed by atoms with Crippen molar-refractivity contribution in [3.8, 4) is 16.9 Å². The van der Waals surface area contributed by atoms with Crippen LogP contribution in [-0.4, -0.2) is 14.5 Å². The molecule has 0 atom stereocenters. The van der Waals surface area contributed by atoms with Crippen molar-refractivity contribution in [2.24, 2.45) is 7.05 Å². The Kier molecular flexibility index (Phi) is 2.48. The molecule has 1 aliphatic heterocycles. The van der Waals surface area contributed by atoms with Crippen molar-refractivity contribution < 1.29 is 4.57 Å². The van der Waals surface area contributed by atoms with Gasteiger partial charge in [-0.1, -0.05) is 11.1 Å². The number of rotatable bonds is 1. The molecule has 21 heavy (non-hydrogen) atoms. The smallest absolute Gasteiger partial charge is 0.286 e. The number of benzene rings is 1. The van der Waals surface area contributed by atoms with Crippen molar-refractivity contribution in [1.82, 2.24) is 14.5 Å². The highest BCUT2D eigenvalue weighted by atomic mass is 15.1. The minimum Gasteiger partial charge on any atom is -0.303 e. The molecule has 2 aromatic heterocycles. The molecular formula is C17H17N4+. The number of aryl methyl sites for hydroxylation is 3. The summed E-state index contributed by atoms with van der Waals surface area (Å²) in [6.07, 6.45) is 6.71. The first-order valence-corrected chi connectivity index (χ1v) is 7.12. The third kappa shape index (κ3) is 1.79. The topological polar surface area (TPSA) is 34.6 Å². The fraction of sp³-hybridized carbons (Fsp3) is 0.235. The first-order chi connectivity index (χ1) is 10.1. The molecule has 0 aliphatic carbocycles. The molecule has 4 rings (SSSR count). The van der Waals surface area contributed by atoms with Gasteiger partial charge < -0.3 is 4.57 Å². The Morgan fingerprint density at radius 2 is 2.00 bits per heavy atom. The Bertz CT molecular complexity index is 861. The van der Waals surface area contributed by atoms with E-state index >= 15 is 0 Å². The standard InChI is InChI=1S/C17H17N4/c1-11-6-13-8-17-18-4-5-21(17)15(13)9-14(11)16-7-12(2)19-10-20(16)3/h4-7,9-10H,8H2,1-3H3/q+1. The average Bonchev–Trinajstić information content (AvgIpc) is 3.01. The van der Waals surface area contributed by atoms with Crippen molar-refractivity contribution in [3.05, 3.63) is 59.6 Å². The van der Waals surface area contributed by atoms with E-state index in [-0.39, 0.29) is 0 Å². The SMILES string of the molecule is Cc1cc(-c2cc3c(cc2C)Cc2nccn2-3)[n+](C)cn1. The molecule has 1 aliphatic rings. The van der Waals surface area contributed by atoms with Crippen LogP contribution in [0, 0.1) is 13.8 Å². The van der Waals surface area contributed by atoms with E-state index in [4.69, 9.17) is 0 Å². The molecule has 0 N–H and O–H groups in total. The molecule has 4 nitrogen and oxygen atoms in total. The maximum absolute atomic E-state index is 4.42. The predicted octanol–water partition coefficient (Wildman–Crippen LogP) is 2.28. The molecular weight excluding hydrogens is 260 g/mol. The van der Waals surface area contributed by atoms with E-state index in [1.54, 1.807) is 0 Å². The second kappa shape index (κ2) is 4.25. The number of fused-ring (bicyclic) bond motifs is 3. The van der Waals surface area contributed by atoms with E-state index in [0.29, 0.717) is 0 Å². The van der Waals surface area contributed by atoms with Gasteiger partial charge >= 0.3 is 0 Å². The highest BCUT2D eigenvalue weighted by molar-refractivity contribution is 5.68. The number of nitrogens with zero attached hydrogens (tertiary/aromatic N) is 4. The summed E-state index contributed by atoms with van der Waals surface area (Å²) in [5.41, 5.74) is 7.37. The monoisotopic (exact) mass is 277 g/mol. The van der Waals surface area contributed by atoms with Crippen LogP contribution in [-0.2, 0) is 13.5 Å². The van der Waals surface area contributed by atoms with Crippen LogP contribution in [0.2, 0.25) is 0 Å². The molecule has 104 valence electrons. The highest BCUT2D eigenvalue weighted by Gasteiger charge is 2.22. The van der Waals surface area contributed by atoms with Crippen molar-refractivity contribution in [1.29, 1.82) is 0 Å². The van der Waals surface area contributed by atoms with Crippen molar-refractivity contribution in [3.63, 3.8) is 0 Å². The van der Waals surface area contributed by atoms with Crippen LogP contribution >= 0.6 is 0 Å². The highest BCUT2D eigenvalue weighted by Crippen LogP contribution is 2.32. The summed E-state index contributed by atoms with van der Waals surface area (Å²) in [7, 11) is 2.04. The van der Waals surface area contributed by atoms with E-state index in [2.05, 4.69) is 44.2 Å². The van der Waals surface area contributed by atoms with Gasteiger partial charge in [0.15, 0.2) is 5.69 Å². The van der Waals surface area contributed by atoms with Crippen LogP contribution in [0.5, 0.6) is 0 Å². The normalized spacial score (nSPS) is 12.3. The summed E-state index contributed by atoms with van der Waals surface area (Å²) in [5.74, 6) is 1.12. The van der Waals surface area contributed by atoms with Gasteiger partial charge in [0.05, 0.1) is 12.7 Å². The number of hydrogen-bond donors (Lipinski definition) is 0. The lowest BCUT2D eigenvalue weighted by Gasteiger charge is -2.10. The van der Waals surface area contributed by atoms with Gasteiger partial charge in [0, 0.05) is 37.4 Å². The zero-order valence-corrected chi connectivity index (χ0v) is 12.5. The third-order valence-electron chi connectivity index (χ3n) is 4.19. The van der Waals surface area contributed by atoms with Gasteiger partial charge in [-0.3, -0.25) is 0 Å². The van der Waals surface area contributed by atoms with Crippen molar-refractivity contribution in [2.45, 2.75) is 20.3 Å². The van der Waals surface area contributed by atoms with E-state index in [1.807, 2.05) is 32.7 Å². The molecule has 1 aromatic carbocycles. The largest absolute Gasteiger partial charge is 0.303 e. The Labute approximate surface area is 123 Å². The number of hydrogen-bond acceptors (Lipinski definition) is 2. The molecule has 4 heteroatoms. The molecule has 0 fully saturated rings. The maximum Gasteiger partial charge on any atom is 0.286 e. The summed E-state index contributed by atoms with van der Waals surface area (Å²) < 4.78 is 4.26. The minimum absolute atomic E-state index is 0.922. The lowest BCUT2D eigenvalue weighted by molar-refractivity contribution is -0.663. The molecule has 3 aromatic rings. The summed E-state index contributed by atoms with van der Waals surface area (Å²) in [4.78, 5) is 8.77. The quantitative estimate of drug-likeness (QED) is 0.500. The molecule has 0 saturated heterocycles. The molecule has 0 unspecified atom stereocenters. The summed E-state index contributed by atoms with van der Waals surface area (Å²) in [6, 6.07) is 6.70. The molecule has 0 amide bonds. The fourth-order valence-corrected chi connectivity index (χ4v) is 3.10. The fourth-order valence-electron chi connectivity index (χ4n) is 3.10. The summed E-state index contributed by atoms with van der Waals surface area (Å²) >= 11 is 0. The Morgan fingerprint density at radius 3 is 2.86 bits per heavy atom. The molecule has 0 saturated carbocycles. The first kappa shape index (κ1) is 12.3. The van der Waals surface area contributed by atoms with Crippen LogP contribution in [0.25, 0.3) is 16.9 Å². The van der Waals surface area contributed by atoms with E-state index in [9.17, 15) is 0 Å². The summed E-state index contributed by atoms with van der Waals surface area (Å²) in [6.45, 7) is 4.20. The predicted molar refractivity (Wildman–Crippen MR) is 80.3 cm³/mol. The minimum atomic E-state index is 0.922. The third-order valence-corrected chi connectivity index (χ3v) is 4.19. The van der Waals surface area contributed by atoms with Gasteiger partial charge in [-0.05, 0) is 24.1 Å². The zero-order valence-electron chi connectivity index (χ0n) is 12.5. The number of imidazole rings is 1. The lowest BCUT2D eigenvalue weighted by Crippen LogP contribution is -2.31. The Balaban J connectivity index is 1.96. The summed E-state index contributed by atoms with van der Waals surface area (Å²) in [5, 5.41) is 0. The van der Waals surface area contributed by atoms with Crippen LogP contribution in [0.1, 0.15) is 22.6 Å². The molecule has 0 radical (unpaired) electrons. The van der Waals surface area contributed by atoms with Crippen molar-refractivity contribution >= 4 is 0 Å². The molecule has 0 bridgehead atoms. The van der Waals surface area contributed by atoms with Crippen molar-refractivity contribution in [2.75, 3.05) is 0 Å². The van der Waals surface area contributed by atoms with Gasteiger partial charge in [-0.25, -0.2) is 9.55 Å². The van der Waals surface area contributed by atoms with Gasteiger partial charge in [-0.2, -0.15) is 0 Å². The maximum atomic E-state index is 4.42. The van der Waals surface area contributed by atoms with Crippen LogP contribution in [0.15, 0.2) is 36.9 Å². The molecule has 0 spiro atoms.